The Hall–Kier alpha value is -0.900. The molecule has 84 valence electrons. The number of rotatable bonds is 3. The third-order valence-electron chi connectivity index (χ3n) is 3.34. The van der Waals surface area contributed by atoms with E-state index in [1.54, 1.807) is 10.9 Å². The van der Waals surface area contributed by atoms with Crippen molar-refractivity contribution < 1.29 is 4.39 Å². The molecular formula is C11H18FN3. The van der Waals surface area contributed by atoms with Crippen LogP contribution in [-0.2, 0) is 13.5 Å². The maximum Gasteiger partial charge on any atom is 0.113 e. The number of nitrogens with zero attached hydrogens (tertiary/aromatic N) is 2. The highest BCUT2D eigenvalue weighted by Gasteiger charge is 2.37. The highest BCUT2D eigenvalue weighted by Crippen LogP contribution is 2.36. The fourth-order valence-corrected chi connectivity index (χ4v) is 2.34. The van der Waals surface area contributed by atoms with Crippen molar-refractivity contribution in [2.75, 3.05) is 0 Å². The van der Waals surface area contributed by atoms with E-state index in [-0.39, 0.29) is 6.04 Å². The fourth-order valence-electron chi connectivity index (χ4n) is 2.34. The Bertz CT molecular complexity index is 336. The Balaban J connectivity index is 1.91. The second kappa shape index (κ2) is 3.93. The number of halogens is 1. The second-order valence-electron chi connectivity index (χ2n) is 4.60. The molecule has 0 radical (unpaired) electrons. The average molecular weight is 211 g/mol. The van der Waals surface area contributed by atoms with Crippen LogP contribution in [0.1, 0.15) is 31.4 Å². The molecule has 1 heterocycles. The minimum absolute atomic E-state index is 0.0570. The summed E-state index contributed by atoms with van der Waals surface area (Å²) in [5.41, 5.74) is 5.78. The largest absolute Gasteiger partial charge is 0.328 e. The summed E-state index contributed by atoms with van der Waals surface area (Å²) in [4.78, 5) is 0. The smallest absolute Gasteiger partial charge is 0.113 e. The van der Waals surface area contributed by atoms with Crippen LogP contribution in [0.3, 0.4) is 0 Å². The van der Waals surface area contributed by atoms with Crippen molar-refractivity contribution in [3.8, 4) is 0 Å². The summed E-state index contributed by atoms with van der Waals surface area (Å²) in [7, 11) is 1.89. The first kappa shape index (κ1) is 10.6. The van der Waals surface area contributed by atoms with Crippen LogP contribution < -0.4 is 5.73 Å². The molecule has 15 heavy (non-hydrogen) atoms. The molecule has 1 aliphatic carbocycles. The van der Waals surface area contributed by atoms with Crippen LogP contribution in [0.2, 0.25) is 0 Å². The van der Waals surface area contributed by atoms with Gasteiger partial charge in [0.05, 0.1) is 0 Å². The van der Waals surface area contributed by atoms with Crippen molar-refractivity contribution in [3.63, 3.8) is 0 Å². The van der Waals surface area contributed by atoms with E-state index < -0.39 is 5.67 Å². The molecule has 0 amide bonds. The van der Waals surface area contributed by atoms with Gasteiger partial charge in [-0.1, -0.05) is 0 Å². The lowest BCUT2D eigenvalue weighted by Crippen LogP contribution is -2.24. The standard InChI is InChI=1S/C11H18FN3/c1-15-10(4-7-14-15)3-6-11(12)5-2-9(13)8-11/h4,7,9H,2-3,5-6,8,13H2,1H3. The Morgan fingerprint density at radius 2 is 2.53 bits per heavy atom. The quantitative estimate of drug-likeness (QED) is 0.824. The van der Waals surface area contributed by atoms with Gasteiger partial charge in [0.1, 0.15) is 5.67 Å². The van der Waals surface area contributed by atoms with E-state index in [1.165, 1.54) is 0 Å². The van der Waals surface area contributed by atoms with Gasteiger partial charge in [0.15, 0.2) is 0 Å². The number of nitrogens with two attached hydrogens (primary N) is 1. The molecule has 2 N–H and O–H groups in total. The molecule has 2 atom stereocenters. The van der Waals surface area contributed by atoms with Crippen LogP contribution in [-0.4, -0.2) is 21.5 Å². The van der Waals surface area contributed by atoms with Crippen molar-refractivity contribution in [3.05, 3.63) is 18.0 Å². The van der Waals surface area contributed by atoms with Crippen molar-refractivity contribution in [1.29, 1.82) is 0 Å². The zero-order chi connectivity index (χ0) is 10.9. The van der Waals surface area contributed by atoms with Crippen molar-refractivity contribution >= 4 is 0 Å². The summed E-state index contributed by atoms with van der Waals surface area (Å²) in [6.45, 7) is 0. The van der Waals surface area contributed by atoms with Gasteiger partial charge in [0.2, 0.25) is 0 Å². The van der Waals surface area contributed by atoms with Gasteiger partial charge < -0.3 is 5.73 Å². The highest BCUT2D eigenvalue weighted by molar-refractivity contribution is 5.02. The van der Waals surface area contributed by atoms with Crippen LogP contribution in [0, 0.1) is 0 Å². The molecule has 0 bridgehead atoms. The molecule has 0 saturated heterocycles. The highest BCUT2D eigenvalue weighted by atomic mass is 19.1. The first-order valence-corrected chi connectivity index (χ1v) is 5.50. The van der Waals surface area contributed by atoms with Crippen molar-refractivity contribution in [1.82, 2.24) is 9.78 Å². The molecule has 0 spiro atoms. The van der Waals surface area contributed by atoms with E-state index in [2.05, 4.69) is 5.10 Å². The SMILES string of the molecule is Cn1nccc1CCC1(F)CCC(N)C1. The number of hydrogen-bond acceptors (Lipinski definition) is 2. The first-order valence-electron chi connectivity index (χ1n) is 5.50. The van der Waals surface area contributed by atoms with Gasteiger partial charge >= 0.3 is 0 Å². The molecular weight excluding hydrogens is 193 g/mol. The normalized spacial score (nSPS) is 31.0. The van der Waals surface area contributed by atoms with E-state index in [1.807, 2.05) is 13.1 Å². The Morgan fingerprint density at radius 3 is 3.07 bits per heavy atom. The summed E-state index contributed by atoms with van der Waals surface area (Å²) in [5, 5.41) is 4.07. The molecule has 1 aromatic heterocycles. The third kappa shape index (κ3) is 2.37. The van der Waals surface area contributed by atoms with Crippen LogP contribution in [0.4, 0.5) is 4.39 Å². The van der Waals surface area contributed by atoms with Gasteiger partial charge in [-0.3, -0.25) is 4.68 Å². The van der Waals surface area contributed by atoms with Crippen LogP contribution in [0.5, 0.6) is 0 Å². The van der Waals surface area contributed by atoms with Gasteiger partial charge in [-0.25, -0.2) is 4.39 Å². The van der Waals surface area contributed by atoms with Crippen molar-refractivity contribution in [2.24, 2.45) is 12.8 Å². The van der Waals surface area contributed by atoms with Gasteiger partial charge in [-0.2, -0.15) is 5.10 Å². The average Bonchev–Trinajstić information content (AvgIpc) is 2.71. The van der Waals surface area contributed by atoms with Gasteiger partial charge in [-0.05, 0) is 38.2 Å². The summed E-state index contributed by atoms with van der Waals surface area (Å²) < 4.78 is 16.0. The summed E-state index contributed by atoms with van der Waals surface area (Å²) in [5.74, 6) is 0. The fraction of sp³-hybridized carbons (Fsp3) is 0.727. The zero-order valence-corrected chi connectivity index (χ0v) is 9.12. The first-order chi connectivity index (χ1) is 7.09. The van der Waals surface area contributed by atoms with E-state index in [4.69, 9.17) is 5.73 Å². The van der Waals surface area contributed by atoms with Crippen LogP contribution in [0.15, 0.2) is 12.3 Å². The minimum Gasteiger partial charge on any atom is -0.328 e. The summed E-state index contributed by atoms with van der Waals surface area (Å²) in [6, 6.07) is 2.00. The summed E-state index contributed by atoms with van der Waals surface area (Å²) in [6.07, 6.45) is 5.03. The molecule has 0 aromatic carbocycles. The lowest BCUT2D eigenvalue weighted by atomic mass is 9.97. The van der Waals surface area contributed by atoms with Crippen molar-refractivity contribution in [2.45, 2.75) is 43.8 Å². The van der Waals surface area contributed by atoms with E-state index in [9.17, 15) is 4.39 Å². The maximum absolute atomic E-state index is 14.2. The molecule has 0 aliphatic heterocycles. The van der Waals surface area contributed by atoms with E-state index in [0.717, 1.165) is 18.5 Å². The molecule has 1 aliphatic rings. The predicted octanol–water partition coefficient (Wildman–Crippen LogP) is 1.57. The minimum atomic E-state index is -1.04. The maximum atomic E-state index is 14.2. The molecule has 1 aromatic rings. The Labute approximate surface area is 89.5 Å². The Kier molecular flexibility index (Phi) is 2.78. The lowest BCUT2D eigenvalue weighted by molar-refractivity contribution is 0.156. The predicted molar refractivity (Wildman–Crippen MR) is 57.2 cm³/mol. The van der Waals surface area contributed by atoms with Crippen LogP contribution >= 0.6 is 0 Å². The number of aromatic nitrogens is 2. The molecule has 4 heteroatoms. The lowest BCUT2D eigenvalue weighted by Gasteiger charge is -2.18. The Morgan fingerprint density at radius 1 is 1.73 bits per heavy atom. The number of hydrogen-bond donors (Lipinski definition) is 1. The molecule has 3 nitrogen and oxygen atoms in total. The molecule has 2 unspecified atom stereocenters. The van der Waals surface area contributed by atoms with E-state index >= 15 is 0 Å². The number of alkyl halides is 1. The monoisotopic (exact) mass is 211 g/mol. The molecule has 1 saturated carbocycles. The summed E-state index contributed by atoms with van der Waals surface area (Å²) >= 11 is 0. The van der Waals surface area contributed by atoms with Gasteiger partial charge in [0.25, 0.3) is 0 Å². The van der Waals surface area contributed by atoms with Gasteiger partial charge in [-0.15, -0.1) is 0 Å². The second-order valence-corrected chi connectivity index (χ2v) is 4.60. The topological polar surface area (TPSA) is 43.8 Å². The van der Waals surface area contributed by atoms with Gasteiger partial charge in [0, 0.05) is 25.0 Å². The van der Waals surface area contributed by atoms with E-state index in [0.29, 0.717) is 19.3 Å². The third-order valence-corrected chi connectivity index (χ3v) is 3.34. The zero-order valence-electron chi connectivity index (χ0n) is 9.12. The van der Waals surface area contributed by atoms with Crippen LogP contribution in [0.25, 0.3) is 0 Å². The molecule has 2 rings (SSSR count). The number of aryl methyl sites for hydroxylation is 2. The molecule has 1 fully saturated rings.